The van der Waals surface area contributed by atoms with Crippen molar-refractivity contribution >= 4 is 0 Å². The van der Waals surface area contributed by atoms with Crippen LogP contribution in [-0.4, -0.2) is 30.0 Å². The fraction of sp³-hybridized carbons (Fsp3) is 1.00. The Balaban J connectivity index is 3.62. The summed E-state index contributed by atoms with van der Waals surface area (Å²) in [6.07, 6.45) is 0. The molecule has 0 atom stereocenters. The number of rotatable bonds is 4. The van der Waals surface area contributed by atoms with Gasteiger partial charge in [0.05, 0.1) is 13.2 Å². The van der Waals surface area contributed by atoms with E-state index in [1.54, 1.807) is 6.92 Å². The van der Waals surface area contributed by atoms with Crippen molar-refractivity contribution in [2.45, 2.75) is 6.92 Å². The summed E-state index contributed by atoms with van der Waals surface area (Å²) in [6.45, 7) is 2.04. The molecule has 0 bridgehead atoms. The Hall–Kier alpha value is -0.160. The van der Waals surface area contributed by atoms with Crippen LogP contribution < -0.4 is 11.3 Å². The first-order valence-corrected chi connectivity index (χ1v) is 2.84. The van der Waals surface area contributed by atoms with Crippen molar-refractivity contribution in [2.75, 3.05) is 19.8 Å². The molecule has 56 valence electrons. The van der Waals surface area contributed by atoms with Crippen LogP contribution in [0.15, 0.2) is 0 Å². The zero-order valence-electron chi connectivity index (χ0n) is 5.59. The molecule has 0 aliphatic carbocycles. The normalized spacial score (nSPS) is 12.0. The Morgan fingerprint density at radius 2 is 1.89 bits per heavy atom. The third kappa shape index (κ3) is 2.76. The van der Waals surface area contributed by atoms with Crippen molar-refractivity contribution in [3.05, 3.63) is 0 Å². The van der Waals surface area contributed by atoms with Crippen LogP contribution in [0.2, 0.25) is 0 Å². The first-order valence-electron chi connectivity index (χ1n) is 2.84. The SMILES string of the molecule is CC(CO)(CO)CNN. The molecule has 0 unspecified atom stereocenters. The van der Waals surface area contributed by atoms with Crippen molar-refractivity contribution in [3.63, 3.8) is 0 Å². The molecule has 0 amide bonds. The van der Waals surface area contributed by atoms with Crippen LogP contribution in [0.5, 0.6) is 0 Å². The largest absolute Gasteiger partial charge is 0.396 e. The smallest absolute Gasteiger partial charge is 0.0519 e. The fourth-order valence-corrected chi connectivity index (χ4v) is 0.408. The van der Waals surface area contributed by atoms with Crippen molar-refractivity contribution in [1.82, 2.24) is 5.43 Å². The van der Waals surface area contributed by atoms with Gasteiger partial charge in [-0.3, -0.25) is 11.3 Å². The van der Waals surface area contributed by atoms with Gasteiger partial charge in [0, 0.05) is 12.0 Å². The molecule has 9 heavy (non-hydrogen) atoms. The lowest BCUT2D eigenvalue weighted by molar-refractivity contribution is 0.0699. The average molecular weight is 134 g/mol. The van der Waals surface area contributed by atoms with E-state index in [1.165, 1.54) is 0 Å². The van der Waals surface area contributed by atoms with Crippen molar-refractivity contribution in [1.29, 1.82) is 0 Å². The molecule has 0 aliphatic heterocycles. The van der Waals surface area contributed by atoms with Gasteiger partial charge < -0.3 is 10.2 Å². The Labute approximate surface area is 54.6 Å². The van der Waals surface area contributed by atoms with Gasteiger partial charge in [0.2, 0.25) is 0 Å². The summed E-state index contributed by atoms with van der Waals surface area (Å²) in [4.78, 5) is 0. The topological polar surface area (TPSA) is 78.5 Å². The number of aliphatic hydroxyl groups excluding tert-OH is 2. The molecular formula is C5H14N2O2. The lowest BCUT2D eigenvalue weighted by atomic mass is 9.93. The Kier molecular flexibility index (Phi) is 3.72. The van der Waals surface area contributed by atoms with E-state index in [0.717, 1.165) is 0 Å². The molecule has 0 aromatic carbocycles. The maximum Gasteiger partial charge on any atom is 0.0519 e. The average Bonchev–Trinajstić information content (AvgIpc) is 1.89. The minimum atomic E-state index is -0.491. The van der Waals surface area contributed by atoms with Crippen molar-refractivity contribution in [3.8, 4) is 0 Å². The molecule has 0 radical (unpaired) electrons. The van der Waals surface area contributed by atoms with Crippen LogP contribution in [0.25, 0.3) is 0 Å². The minimum absolute atomic E-state index is 0.0618. The summed E-state index contributed by atoms with van der Waals surface area (Å²) in [6, 6.07) is 0. The first kappa shape index (κ1) is 8.84. The number of hydrogen-bond donors (Lipinski definition) is 4. The Morgan fingerprint density at radius 1 is 1.44 bits per heavy atom. The van der Waals surface area contributed by atoms with Crippen LogP contribution >= 0.6 is 0 Å². The molecule has 0 heterocycles. The predicted molar refractivity (Wildman–Crippen MR) is 34.5 cm³/mol. The molecular weight excluding hydrogens is 120 g/mol. The zero-order chi connectivity index (χ0) is 7.33. The second kappa shape index (κ2) is 3.79. The highest BCUT2D eigenvalue weighted by atomic mass is 16.3. The maximum atomic E-state index is 8.66. The lowest BCUT2D eigenvalue weighted by Crippen LogP contribution is -2.40. The van der Waals surface area contributed by atoms with E-state index in [9.17, 15) is 0 Å². The van der Waals surface area contributed by atoms with Crippen LogP contribution in [-0.2, 0) is 0 Å². The molecule has 0 aromatic heterocycles. The molecule has 0 rings (SSSR count). The van der Waals surface area contributed by atoms with Crippen molar-refractivity contribution in [2.24, 2.45) is 11.3 Å². The molecule has 0 aromatic rings. The first-order chi connectivity index (χ1) is 4.18. The molecule has 4 nitrogen and oxygen atoms in total. The minimum Gasteiger partial charge on any atom is -0.396 e. The second-order valence-corrected chi connectivity index (χ2v) is 2.51. The summed E-state index contributed by atoms with van der Waals surface area (Å²) >= 11 is 0. The number of hydrazine groups is 1. The predicted octanol–water partition coefficient (Wildman–Crippen LogP) is -1.56. The number of hydrogen-bond acceptors (Lipinski definition) is 4. The summed E-state index contributed by atoms with van der Waals surface area (Å²) in [5.41, 5.74) is 1.90. The van der Waals surface area contributed by atoms with Crippen LogP contribution in [0.1, 0.15) is 6.92 Å². The standard InChI is InChI=1S/C5H14N2O2/c1-5(3-8,4-9)2-7-6/h7-9H,2-4,6H2,1H3. The summed E-state index contributed by atoms with van der Waals surface area (Å²) in [5.74, 6) is 4.99. The van der Waals surface area contributed by atoms with E-state index in [-0.39, 0.29) is 13.2 Å². The van der Waals surface area contributed by atoms with E-state index in [4.69, 9.17) is 16.1 Å². The highest BCUT2D eigenvalue weighted by molar-refractivity contribution is 4.72. The van der Waals surface area contributed by atoms with Gasteiger partial charge in [0.25, 0.3) is 0 Å². The van der Waals surface area contributed by atoms with Gasteiger partial charge in [-0.05, 0) is 0 Å². The molecule has 0 saturated carbocycles. The molecule has 0 aliphatic rings. The molecule has 5 N–H and O–H groups in total. The molecule has 0 saturated heterocycles. The highest BCUT2D eigenvalue weighted by Crippen LogP contribution is 2.10. The molecule has 0 fully saturated rings. The zero-order valence-corrected chi connectivity index (χ0v) is 5.59. The van der Waals surface area contributed by atoms with Crippen LogP contribution in [0.3, 0.4) is 0 Å². The quantitative estimate of drug-likeness (QED) is 0.277. The Morgan fingerprint density at radius 3 is 2.00 bits per heavy atom. The van der Waals surface area contributed by atoms with E-state index in [1.807, 2.05) is 0 Å². The van der Waals surface area contributed by atoms with Gasteiger partial charge in [0.1, 0.15) is 0 Å². The van der Waals surface area contributed by atoms with Gasteiger partial charge in [-0.1, -0.05) is 6.92 Å². The highest BCUT2D eigenvalue weighted by Gasteiger charge is 2.20. The summed E-state index contributed by atoms with van der Waals surface area (Å²) in [5, 5.41) is 17.3. The van der Waals surface area contributed by atoms with E-state index < -0.39 is 5.41 Å². The monoisotopic (exact) mass is 134 g/mol. The van der Waals surface area contributed by atoms with E-state index >= 15 is 0 Å². The number of aliphatic hydroxyl groups is 2. The van der Waals surface area contributed by atoms with E-state index in [2.05, 4.69) is 5.43 Å². The van der Waals surface area contributed by atoms with Crippen LogP contribution in [0, 0.1) is 5.41 Å². The molecule has 0 spiro atoms. The summed E-state index contributed by atoms with van der Waals surface area (Å²) in [7, 11) is 0. The van der Waals surface area contributed by atoms with Gasteiger partial charge in [0.15, 0.2) is 0 Å². The van der Waals surface area contributed by atoms with Gasteiger partial charge in [-0.2, -0.15) is 0 Å². The lowest BCUT2D eigenvalue weighted by Gasteiger charge is -2.23. The summed E-state index contributed by atoms with van der Waals surface area (Å²) < 4.78 is 0. The van der Waals surface area contributed by atoms with E-state index in [0.29, 0.717) is 6.54 Å². The molecule has 4 heteroatoms. The second-order valence-electron chi connectivity index (χ2n) is 2.51. The maximum absolute atomic E-state index is 8.66. The number of nitrogens with two attached hydrogens (primary N) is 1. The van der Waals surface area contributed by atoms with Gasteiger partial charge in [-0.15, -0.1) is 0 Å². The Bertz CT molecular complexity index is 73.4. The fourth-order valence-electron chi connectivity index (χ4n) is 0.408. The third-order valence-corrected chi connectivity index (χ3v) is 1.29. The van der Waals surface area contributed by atoms with Crippen LogP contribution in [0.4, 0.5) is 0 Å². The third-order valence-electron chi connectivity index (χ3n) is 1.29. The van der Waals surface area contributed by atoms with Gasteiger partial charge in [-0.25, -0.2) is 0 Å². The van der Waals surface area contributed by atoms with Gasteiger partial charge >= 0.3 is 0 Å². The number of nitrogens with one attached hydrogen (secondary N) is 1. The van der Waals surface area contributed by atoms with Crippen molar-refractivity contribution < 1.29 is 10.2 Å².